The van der Waals surface area contributed by atoms with E-state index in [-0.39, 0.29) is 12.3 Å². The number of hydrogen-bond donors (Lipinski definition) is 1. The van der Waals surface area contributed by atoms with Crippen molar-refractivity contribution in [2.45, 2.75) is 13.5 Å². The second-order valence-electron chi connectivity index (χ2n) is 2.93. The zero-order valence-corrected chi connectivity index (χ0v) is 9.54. The van der Waals surface area contributed by atoms with Crippen LogP contribution in [-0.2, 0) is 16.6 Å². The zero-order chi connectivity index (χ0) is 11.3. The first-order valence-electron chi connectivity index (χ1n) is 4.53. The minimum atomic E-state index is -3.14. The van der Waals surface area contributed by atoms with Crippen LogP contribution in [-0.4, -0.2) is 26.3 Å². The van der Waals surface area contributed by atoms with E-state index in [0.29, 0.717) is 5.88 Å². The third kappa shape index (κ3) is 3.85. The highest BCUT2D eigenvalue weighted by Crippen LogP contribution is 2.06. The maximum Gasteiger partial charge on any atom is 0.212 e. The highest BCUT2D eigenvalue weighted by atomic mass is 32.2. The van der Waals surface area contributed by atoms with Crippen LogP contribution in [0.4, 0.5) is 0 Å². The van der Waals surface area contributed by atoms with Gasteiger partial charge in [0.2, 0.25) is 15.9 Å². The summed E-state index contributed by atoms with van der Waals surface area (Å²) in [4.78, 5) is 3.97. The summed E-state index contributed by atoms with van der Waals surface area (Å²) in [5.41, 5.74) is 0.799. The van der Waals surface area contributed by atoms with Crippen LogP contribution in [0.3, 0.4) is 0 Å². The van der Waals surface area contributed by atoms with Gasteiger partial charge in [0.15, 0.2) is 0 Å². The van der Waals surface area contributed by atoms with Gasteiger partial charge < -0.3 is 4.74 Å². The van der Waals surface area contributed by atoms with Crippen molar-refractivity contribution in [1.82, 2.24) is 9.71 Å². The largest absolute Gasteiger partial charge is 0.481 e. The van der Waals surface area contributed by atoms with Crippen LogP contribution in [0.15, 0.2) is 18.3 Å². The Balaban J connectivity index is 2.59. The van der Waals surface area contributed by atoms with Crippen molar-refractivity contribution in [3.63, 3.8) is 0 Å². The van der Waals surface area contributed by atoms with E-state index < -0.39 is 10.0 Å². The Kier molecular flexibility index (Phi) is 4.05. The number of nitrogens with one attached hydrogen (secondary N) is 1. The molecule has 0 aliphatic rings. The van der Waals surface area contributed by atoms with Gasteiger partial charge in [-0.1, -0.05) is 6.07 Å². The Bertz CT molecular complexity index is 400. The van der Waals surface area contributed by atoms with Gasteiger partial charge in [-0.2, -0.15) is 0 Å². The number of nitrogens with zero attached hydrogens (tertiary/aromatic N) is 1. The molecule has 0 saturated carbocycles. The highest BCUT2D eigenvalue weighted by Gasteiger charge is 2.05. The lowest BCUT2D eigenvalue weighted by Crippen LogP contribution is -2.24. The van der Waals surface area contributed by atoms with E-state index in [1.165, 1.54) is 7.11 Å². The molecule has 0 radical (unpaired) electrons. The predicted molar refractivity (Wildman–Crippen MR) is 57.1 cm³/mol. The first kappa shape index (κ1) is 11.9. The SMILES string of the molecule is CCS(=O)(=O)NCc1ccc(OC)nc1. The van der Waals surface area contributed by atoms with E-state index in [4.69, 9.17) is 4.74 Å². The maximum atomic E-state index is 11.1. The van der Waals surface area contributed by atoms with Gasteiger partial charge in [0.05, 0.1) is 12.9 Å². The van der Waals surface area contributed by atoms with E-state index in [2.05, 4.69) is 9.71 Å². The van der Waals surface area contributed by atoms with Crippen molar-refractivity contribution in [3.8, 4) is 5.88 Å². The summed E-state index contributed by atoms with van der Waals surface area (Å²) in [7, 11) is -1.61. The molecule has 0 aliphatic carbocycles. The Morgan fingerprint density at radius 2 is 2.20 bits per heavy atom. The average Bonchev–Trinajstić information content (AvgIpc) is 2.27. The van der Waals surface area contributed by atoms with Gasteiger partial charge in [0.1, 0.15) is 0 Å². The molecular formula is C9H14N2O3S. The molecule has 1 aromatic rings. The van der Waals surface area contributed by atoms with E-state index in [1.54, 1.807) is 25.3 Å². The van der Waals surface area contributed by atoms with Gasteiger partial charge in [0.25, 0.3) is 0 Å². The Labute approximate surface area is 89.5 Å². The molecule has 0 atom stereocenters. The topological polar surface area (TPSA) is 68.3 Å². The lowest BCUT2D eigenvalue weighted by molar-refractivity contribution is 0.397. The molecule has 0 aromatic carbocycles. The standard InChI is InChI=1S/C9H14N2O3S/c1-3-15(12,13)11-7-8-4-5-9(14-2)10-6-8/h4-6,11H,3,7H2,1-2H3. The Morgan fingerprint density at radius 1 is 1.47 bits per heavy atom. The first-order valence-corrected chi connectivity index (χ1v) is 6.19. The van der Waals surface area contributed by atoms with Crippen LogP contribution in [0, 0.1) is 0 Å². The summed E-state index contributed by atoms with van der Waals surface area (Å²) in [6.07, 6.45) is 1.58. The van der Waals surface area contributed by atoms with E-state index in [0.717, 1.165) is 5.56 Å². The molecule has 0 aliphatic heterocycles. The molecule has 0 amide bonds. The van der Waals surface area contributed by atoms with Crippen LogP contribution in [0.25, 0.3) is 0 Å². The molecular weight excluding hydrogens is 216 g/mol. The molecule has 84 valence electrons. The van der Waals surface area contributed by atoms with Gasteiger partial charge >= 0.3 is 0 Å². The predicted octanol–water partition coefficient (Wildman–Crippen LogP) is 0.529. The number of aromatic nitrogens is 1. The number of ether oxygens (including phenoxy) is 1. The summed E-state index contributed by atoms with van der Waals surface area (Å²) in [6.45, 7) is 1.85. The molecule has 0 unspecified atom stereocenters. The van der Waals surface area contributed by atoms with Gasteiger partial charge in [0, 0.05) is 18.8 Å². The molecule has 15 heavy (non-hydrogen) atoms. The van der Waals surface area contributed by atoms with Crippen molar-refractivity contribution in [2.24, 2.45) is 0 Å². The maximum absolute atomic E-state index is 11.1. The summed E-state index contributed by atoms with van der Waals surface area (Å²) in [5, 5.41) is 0. The Morgan fingerprint density at radius 3 is 2.67 bits per heavy atom. The van der Waals surface area contributed by atoms with Crippen LogP contribution in [0.1, 0.15) is 12.5 Å². The van der Waals surface area contributed by atoms with E-state index in [9.17, 15) is 8.42 Å². The van der Waals surface area contributed by atoms with Crippen LogP contribution in [0.2, 0.25) is 0 Å². The van der Waals surface area contributed by atoms with Crippen molar-refractivity contribution in [3.05, 3.63) is 23.9 Å². The minimum absolute atomic E-state index is 0.0799. The van der Waals surface area contributed by atoms with Crippen molar-refractivity contribution in [1.29, 1.82) is 0 Å². The fourth-order valence-electron chi connectivity index (χ4n) is 0.932. The van der Waals surface area contributed by atoms with Gasteiger partial charge in [-0.3, -0.25) is 0 Å². The quantitative estimate of drug-likeness (QED) is 0.801. The molecule has 1 N–H and O–H groups in total. The summed E-state index contributed by atoms with van der Waals surface area (Å²) in [6, 6.07) is 3.46. The van der Waals surface area contributed by atoms with Gasteiger partial charge in [-0.15, -0.1) is 0 Å². The summed E-state index contributed by atoms with van der Waals surface area (Å²) < 4.78 is 29.6. The normalized spacial score (nSPS) is 11.3. The Hall–Kier alpha value is -1.14. The molecule has 6 heteroatoms. The molecule has 1 rings (SSSR count). The number of hydrogen-bond acceptors (Lipinski definition) is 4. The van der Waals surface area contributed by atoms with E-state index >= 15 is 0 Å². The third-order valence-electron chi connectivity index (χ3n) is 1.88. The zero-order valence-electron chi connectivity index (χ0n) is 8.73. The molecule has 1 aromatic heterocycles. The highest BCUT2D eigenvalue weighted by molar-refractivity contribution is 7.89. The smallest absolute Gasteiger partial charge is 0.212 e. The molecule has 0 saturated heterocycles. The fraction of sp³-hybridized carbons (Fsp3) is 0.444. The van der Waals surface area contributed by atoms with Crippen LogP contribution < -0.4 is 9.46 Å². The lowest BCUT2D eigenvalue weighted by Gasteiger charge is -2.04. The van der Waals surface area contributed by atoms with Gasteiger partial charge in [-0.25, -0.2) is 18.1 Å². The molecule has 1 heterocycles. The minimum Gasteiger partial charge on any atom is -0.481 e. The molecule has 0 bridgehead atoms. The van der Waals surface area contributed by atoms with Crippen LogP contribution in [0.5, 0.6) is 5.88 Å². The second-order valence-corrected chi connectivity index (χ2v) is 5.03. The number of pyridine rings is 1. The van der Waals surface area contributed by atoms with E-state index in [1.807, 2.05) is 0 Å². The fourth-order valence-corrected chi connectivity index (χ4v) is 1.52. The monoisotopic (exact) mass is 230 g/mol. The summed E-state index contributed by atoms with van der Waals surface area (Å²) >= 11 is 0. The molecule has 5 nitrogen and oxygen atoms in total. The molecule has 0 fully saturated rings. The second kappa shape index (κ2) is 5.09. The van der Waals surface area contributed by atoms with Crippen molar-refractivity contribution < 1.29 is 13.2 Å². The number of sulfonamides is 1. The van der Waals surface area contributed by atoms with Gasteiger partial charge in [-0.05, 0) is 12.5 Å². The molecule has 0 spiro atoms. The van der Waals surface area contributed by atoms with Crippen molar-refractivity contribution >= 4 is 10.0 Å². The van der Waals surface area contributed by atoms with Crippen molar-refractivity contribution in [2.75, 3.05) is 12.9 Å². The lowest BCUT2D eigenvalue weighted by atomic mass is 10.3. The number of methoxy groups -OCH3 is 1. The van der Waals surface area contributed by atoms with Crippen LogP contribution >= 0.6 is 0 Å². The third-order valence-corrected chi connectivity index (χ3v) is 3.23. The first-order chi connectivity index (χ1) is 7.07. The average molecular weight is 230 g/mol. The summed E-state index contributed by atoms with van der Waals surface area (Å²) in [5.74, 6) is 0.591. The number of rotatable bonds is 5.